The molecule has 0 saturated carbocycles. The molecule has 0 aromatic heterocycles. The van der Waals surface area contributed by atoms with Gasteiger partial charge in [0.2, 0.25) is 0 Å². The second-order valence-electron chi connectivity index (χ2n) is 3.59. The third kappa shape index (κ3) is 6.08. The van der Waals surface area contributed by atoms with Gasteiger partial charge in [0.15, 0.2) is 0 Å². The Balaban J connectivity index is 3.85. The van der Waals surface area contributed by atoms with Crippen LogP contribution in [0.15, 0.2) is 0 Å². The number of rotatable bonds is 6. The maximum absolute atomic E-state index is 11.4. The largest absolute Gasteiger partial charge is 0.465 e. The van der Waals surface area contributed by atoms with E-state index < -0.39 is 0 Å². The minimum Gasteiger partial charge on any atom is -0.465 e. The lowest BCUT2D eigenvalue weighted by Crippen LogP contribution is -2.19. The van der Waals surface area contributed by atoms with E-state index in [0.29, 0.717) is 12.5 Å². The van der Waals surface area contributed by atoms with Crippen LogP contribution in [0.4, 0.5) is 0 Å². The summed E-state index contributed by atoms with van der Waals surface area (Å²) in [6, 6.07) is 0. The molecule has 0 spiro atoms. The van der Waals surface area contributed by atoms with Crippen molar-refractivity contribution in [2.45, 2.75) is 33.6 Å². The highest BCUT2D eigenvalue weighted by molar-refractivity contribution is 9.09. The summed E-state index contributed by atoms with van der Waals surface area (Å²) in [5.74, 6) is 0.594. The van der Waals surface area contributed by atoms with E-state index in [1.165, 1.54) is 0 Å². The summed E-state index contributed by atoms with van der Waals surface area (Å²) >= 11 is 3.22. The normalized spacial score (nSPS) is 13.0. The van der Waals surface area contributed by atoms with E-state index in [-0.39, 0.29) is 11.9 Å². The number of hydrogen-bond donors (Lipinski definition) is 0. The third-order valence-corrected chi connectivity index (χ3v) is 2.23. The highest BCUT2D eigenvalue weighted by Crippen LogP contribution is 2.16. The van der Waals surface area contributed by atoms with Crippen molar-refractivity contribution in [3.63, 3.8) is 0 Å². The molecule has 0 rings (SSSR count). The van der Waals surface area contributed by atoms with Gasteiger partial charge in [0.05, 0.1) is 5.92 Å². The van der Waals surface area contributed by atoms with Crippen molar-refractivity contribution in [3.05, 3.63) is 0 Å². The SMILES string of the molecule is CCC(CC(C)C)C(=O)OCCBr. The van der Waals surface area contributed by atoms with Gasteiger partial charge in [-0.25, -0.2) is 0 Å². The second-order valence-corrected chi connectivity index (χ2v) is 4.38. The van der Waals surface area contributed by atoms with E-state index in [0.717, 1.165) is 18.2 Å². The van der Waals surface area contributed by atoms with Gasteiger partial charge in [-0.1, -0.05) is 36.7 Å². The molecular formula is C10H19BrO2. The summed E-state index contributed by atoms with van der Waals surface area (Å²) in [5, 5.41) is 0.719. The topological polar surface area (TPSA) is 26.3 Å². The second kappa shape index (κ2) is 7.36. The number of esters is 1. The van der Waals surface area contributed by atoms with Gasteiger partial charge in [0, 0.05) is 5.33 Å². The fraction of sp³-hybridized carbons (Fsp3) is 0.900. The van der Waals surface area contributed by atoms with Crippen molar-refractivity contribution >= 4 is 21.9 Å². The van der Waals surface area contributed by atoms with E-state index in [1.807, 2.05) is 6.92 Å². The molecule has 0 bridgehead atoms. The summed E-state index contributed by atoms with van der Waals surface area (Å²) in [4.78, 5) is 11.4. The van der Waals surface area contributed by atoms with Crippen LogP contribution < -0.4 is 0 Å². The fourth-order valence-electron chi connectivity index (χ4n) is 1.26. The maximum Gasteiger partial charge on any atom is 0.308 e. The Morgan fingerprint density at radius 3 is 2.46 bits per heavy atom. The quantitative estimate of drug-likeness (QED) is 0.535. The Kier molecular flexibility index (Phi) is 7.33. The number of alkyl halides is 1. The molecule has 78 valence electrons. The molecule has 0 saturated heterocycles. The molecule has 0 fully saturated rings. The van der Waals surface area contributed by atoms with Crippen molar-refractivity contribution < 1.29 is 9.53 Å². The van der Waals surface area contributed by atoms with Gasteiger partial charge >= 0.3 is 5.97 Å². The zero-order chi connectivity index (χ0) is 10.3. The van der Waals surface area contributed by atoms with E-state index in [2.05, 4.69) is 29.8 Å². The monoisotopic (exact) mass is 250 g/mol. The number of halogens is 1. The van der Waals surface area contributed by atoms with Crippen LogP contribution in [0.3, 0.4) is 0 Å². The number of carbonyl (C=O) groups excluding carboxylic acids is 1. The summed E-state index contributed by atoms with van der Waals surface area (Å²) in [5.41, 5.74) is 0. The molecule has 1 atom stereocenters. The van der Waals surface area contributed by atoms with Gasteiger partial charge < -0.3 is 4.74 Å². The van der Waals surface area contributed by atoms with Gasteiger partial charge in [-0.05, 0) is 18.8 Å². The van der Waals surface area contributed by atoms with Crippen LogP contribution >= 0.6 is 15.9 Å². The highest BCUT2D eigenvalue weighted by atomic mass is 79.9. The summed E-state index contributed by atoms with van der Waals surface area (Å²) in [7, 11) is 0. The van der Waals surface area contributed by atoms with Gasteiger partial charge in [-0.15, -0.1) is 0 Å². The zero-order valence-electron chi connectivity index (χ0n) is 8.68. The van der Waals surface area contributed by atoms with E-state index in [9.17, 15) is 4.79 Å². The van der Waals surface area contributed by atoms with Crippen molar-refractivity contribution in [2.24, 2.45) is 11.8 Å². The Morgan fingerprint density at radius 1 is 1.46 bits per heavy atom. The van der Waals surface area contributed by atoms with Crippen LogP contribution in [0.1, 0.15) is 33.6 Å². The molecule has 0 amide bonds. The van der Waals surface area contributed by atoms with Crippen LogP contribution in [-0.4, -0.2) is 17.9 Å². The number of ether oxygens (including phenoxy) is 1. The predicted octanol–water partition coefficient (Wildman–Crippen LogP) is 3.00. The van der Waals surface area contributed by atoms with Crippen molar-refractivity contribution in [2.75, 3.05) is 11.9 Å². The first-order valence-corrected chi connectivity index (χ1v) is 5.96. The Morgan fingerprint density at radius 2 is 2.08 bits per heavy atom. The average Bonchev–Trinajstić information content (AvgIpc) is 2.09. The lowest BCUT2D eigenvalue weighted by atomic mass is 9.95. The van der Waals surface area contributed by atoms with Gasteiger partial charge in [0.1, 0.15) is 6.61 Å². The van der Waals surface area contributed by atoms with Crippen LogP contribution in [0, 0.1) is 11.8 Å². The molecule has 0 heterocycles. The molecule has 0 N–H and O–H groups in total. The molecule has 0 aromatic carbocycles. The van der Waals surface area contributed by atoms with Crippen molar-refractivity contribution in [1.82, 2.24) is 0 Å². The van der Waals surface area contributed by atoms with E-state index in [4.69, 9.17) is 4.74 Å². The van der Waals surface area contributed by atoms with E-state index >= 15 is 0 Å². The standard InChI is InChI=1S/C10H19BrO2/c1-4-9(7-8(2)3)10(12)13-6-5-11/h8-9H,4-7H2,1-3H3. The van der Waals surface area contributed by atoms with Crippen molar-refractivity contribution in [1.29, 1.82) is 0 Å². The van der Waals surface area contributed by atoms with E-state index in [1.54, 1.807) is 0 Å². The smallest absolute Gasteiger partial charge is 0.308 e. The third-order valence-electron chi connectivity index (χ3n) is 1.90. The minimum atomic E-state index is -0.0457. The Bertz CT molecular complexity index is 146. The highest BCUT2D eigenvalue weighted by Gasteiger charge is 2.18. The fourth-order valence-corrected chi connectivity index (χ4v) is 1.42. The molecule has 0 aliphatic heterocycles. The molecule has 0 aliphatic rings. The average molecular weight is 251 g/mol. The predicted molar refractivity (Wildman–Crippen MR) is 58.0 cm³/mol. The molecular weight excluding hydrogens is 232 g/mol. The first-order chi connectivity index (χ1) is 6.11. The van der Waals surface area contributed by atoms with Crippen LogP contribution in [0.2, 0.25) is 0 Å². The lowest BCUT2D eigenvalue weighted by Gasteiger charge is -2.15. The first kappa shape index (κ1) is 12.9. The Labute approximate surface area is 89.2 Å². The molecule has 0 aromatic rings. The molecule has 1 unspecified atom stereocenters. The van der Waals surface area contributed by atoms with Gasteiger partial charge in [0.25, 0.3) is 0 Å². The zero-order valence-corrected chi connectivity index (χ0v) is 10.3. The van der Waals surface area contributed by atoms with Crippen LogP contribution in [0.5, 0.6) is 0 Å². The summed E-state index contributed by atoms with van der Waals surface area (Å²) in [6.07, 6.45) is 1.80. The van der Waals surface area contributed by atoms with Gasteiger partial charge in [-0.2, -0.15) is 0 Å². The molecule has 13 heavy (non-hydrogen) atoms. The maximum atomic E-state index is 11.4. The molecule has 0 aliphatic carbocycles. The minimum absolute atomic E-state index is 0.0457. The summed E-state index contributed by atoms with van der Waals surface area (Å²) in [6.45, 7) is 6.76. The molecule has 0 radical (unpaired) electrons. The van der Waals surface area contributed by atoms with Crippen LogP contribution in [-0.2, 0) is 9.53 Å². The lowest BCUT2D eigenvalue weighted by molar-refractivity contribution is -0.148. The Hall–Kier alpha value is -0.0500. The van der Waals surface area contributed by atoms with Crippen LogP contribution in [0.25, 0.3) is 0 Å². The molecule has 3 heteroatoms. The first-order valence-electron chi connectivity index (χ1n) is 4.84. The summed E-state index contributed by atoms with van der Waals surface area (Å²) < 4.78 is 5.06. The number of hydrogen-bond acceptors (Lipinski definition) is 2. The molecule has 2 nitrogen and oxygen atoms in total. The van der Waals surface area contributed by atoms with Gasteiger partial charge in [-0.3, -0.25) is 4.79 Å². The number of carbonyl (C=O) groups is 1. The van der Waals surface area contributed by atoms with Crippen molar-refractivity contribution in [3.8, 4) is 0 Å².